The first kappa shape index (κ1) is 9.67. The number of H-pyrrole nitrogens is 1. The highest BCUT2D eigenvalue weighted by atomic mass is 16.4. The largest absolute Gasteiger partial charge is 0.434 e. The van der Waals surface area contributed by atoms with E-state index in [0.717, 1.165) is 17.5 Å². The third-order valence-corrected chi connectivity index (χ3v) is 2.10. The second-order valence-corrected chi connectivity index (χ2v) is 3.11. The Morgan fingerprint density at radius 3 is 2.87 bits per heavy atom. The zero-order chi connectivity index (χ0) is 10.7. The molecule has 0 aliphatic rings. The smallest absolute Gasteiger partial charge is 0.388 e. The van der Waals surface area contributed by atoms with E-state index in [-0.39, 0.29) is 0 Å². The van der Waals surface area contributed by atoms with Crippen LogP contribution in [-0.4, -0.2) is 16.7 Å². The summed E-state index contributed by atoms with van der Waals surface area (Å²) >= 11 is 0. The lowest BCUT2D eigenvalue weighted by molar-refractivity contribution is 0.526. The summed E-state index contributed by atoms with van der Waals surface area (Å²) in [6.45, 7) is 0.547. The Morgan fingerprint density at radius 1 is 1.40 bits per heavy atom. The van der Waals surface area contributed by atoms with Crippen molar-refractivity contribution < 1.29 is 4.42 Å². The Labute approximate surface area is 85.9 Å². The molecule has 15 heavy (non-hydrogen) atoms. The molecule has 0 saturated carbocycles. The van der Waals surface area contributed by atoms with Crippen molar-refractivity contribution in [2.45, 2.75) is 6.42 Å². The summed E-state index contributed by atoms with van der Waals surface area (Å²) in [4.78, 5) is 10.8. The lowest BCUT2D eigenvalue weighted by atomic mass is 10.0. The number of nitrogens with two attached hydrogens (primary N) is 1. The van der Waals surface area contributed by atoms with Crippen molar-refractivity contribution in [1.82, 2.24) is 10.2 Å². The van der Waals surface area contributed by atoms with Crippen LogP contribution >= 0.6 is 0 Å². The van der Waals surface area contributed by atoms with Gasteiger partial charge in [0.05, 0.1) is 0 Å². The van der Waals surface area contributed by atoms with Crippen molar-refractivity contribution in [3.8, 4) is 11.5 Å². The fourth-order valence-electron chi connectivity index (χ4n) is 1.45. The molecule has 0 spiro atoms. The molecule has 0 saturated heterocycles. The number of hydrogen-bond acceptors (Lipinski definition) is 4. The van der Waals surface area contributed by atoms with Gasteiger partial charge in [0.1, 0.15) is 0 Å². The summed E-state index contributed by atoms with van der Waals surface area (Å²) in [5.74, 6) is -0.239. The van der Waals surface area contributed by atoms with Gasteiger partial charge in [-0.15, -0.1) is 5.10 Å². The summed E-state index contributed by atoms with van der Waals surface area (Å²) in [5, 5.41) is 6.02. The first-order valence-electron chi connectivity index (χ1n) is 4.65. The molecule has 1 aromatic carbocycles. The van der Waals surface area contributed by atoms with Crippen LogP contribution in [0.1, 0.15) is 5.56 Å². The van der Waals surface area contributed by atoms with Gasteiger partial charge >= 0.3 is 5.76 Å². The first-order chi connectivity index (χ1) is 7.31. The van der Waals surface area contributed by atoms with Gasteiger partial charge in [0, 0.05) is 5.56 Å². The quantitative estimate of drug-likeness (QED) is 0.765. The fraction of sp³-hybridized carbons (Fsp3) is 0.200. The Hall–Kier alpha value is -1.88. The molecule has 0 bridgehead atoms. The maximum Gasteiger partial charge on any atom is 0.434 e. The van der Waals surface area contributed by atoms with E-state index in [0.29, 0.717) is 12.4 Å². The molecule has 5 heteroatoms. The number of nitrogens with zero attached hydrogens (tertiary/aromatic N) is 1. The van der Waals surface area contributed by atoms with Crippen LogP contribution in [0.15, 0.2) is 33.5 Å². The second kappa shape index (κ2) is 4.10. The topological polar surface area (TPSA) is 84.9 Å². The predicted molar refractivity (Wildman–Crippen MR) is 55.3 cm³/mol. The molecule has 2 rings (SSSR count). The van der Waals surface area contributed by atoms with Crippen LogP contribution in [-0.2, 0) is 6.42 Å². The number of hydrogen-bond donors (Lipinski definition) is 2. The predicted octanol–water partition coefficient (Wildman–Crippen LogP) is 0.531. The summed E-state index contributed by atoms with van der Waals surface area (Å²) in [6.07, 6.45) is 0.729. The van der Waals surface area contributed by atoms with Gasteiger partial charge in [0.15, 0.2) is 0 Å². The van der Waals surface area contributed by atoms with E-state index in [4.69, 9.17) is 10.2 Å². The molecule has 0 aliphatic heterocycles. The third kappa shape index (κ3) is 1.97. The molecule has 78 valence electrons. The summed E-state index contributed by atoms with van der Waals surface area (Å²) < 4.78 is 4.89. The average molecular weight is 205 g/mol. The molecular weight excluding hydrogens is 194 g/mol. The SMILES string of the molecule is NCCc1ccccc1-c1n[nH]c(=O)o1. The number of benzene rings is 1. The molecule has 1 aromatic heterocycles. The van der Waals surface area contributed by atoms with Crippen LogP contribution < -0.4 is 11.5 Å². The summed E-state index contributed by atoms with van der Waals surface area (Å²) in [6, 6.07) is 7.57. The van der Waals surface area contributed by atoms with E-state index in [1.165, 1.54) is 0 Å². The minimum atomic E-state index is -0.549. The van der Waals surface area contributed by atoms with E-state index >= 15 is 0 Å². The van der Waals surface area contributed by atoms with Gasteiger partial charge in [-0.25, -0.2) is 9.89 Å². The second-order valence-electron chi connectivity index (χ2n) is 3.11. The molecule has 3 N–H and O–H groups in total. The highest BCUT2D eigenvalue weighted by Crippen LogP contribution is 2.20. The van der Waals surface area contributed by atoms with Gasteiger partial charge in [-0.1, -0.05) is 18.2 Å². The molecule has 0 aliphatic carbocycles. The van der Waals surface area contributed by atoms with Crippen molar-refractivity contribution in [1.29, 1.82) is 0 Å². The van der Waals surface area contributed by atoms with E-state index in [1.807, 2.05) is 24.3 Å². The van der Waals surface area contributed by atoms with Crippen molar-refractivity contribution >= 4 is 0 Å². The van der Waals surface area contributed by atoms with Crippen molar-refractivity contribution in [2.24, 2.45) is 5.73 Å². The lowest BCUT2D eigenvalue weighted by Crippen LogP contribution is -2.03. The first-order valence-corrected chi connectivity index (χ1v) is 4.65. The Bertz CT molecular complexity index is 501. The van der Waals surface area contributed by atoms with E-state index in [1.54, 1.807) is 0 Å². The van der Waals surface area contributed by atoms with E-state index in [2.05, 4.69) is 10.2 Å². The standard InChI is InChI=1S/C10H11N3O2/c11-6-5-7-3-1-2-4-8(7)9-12-13-10(14)15-9/h1-4H,5-6,11H2,(H,13,14). The van der Waals surface area contributed by atoms with Crippen molar-refractivity contribution in [3.63, 3.8) is 0 Å². The Balaban J connectivity index is 2.47. The average Bonchev–Trinajstić information content (AvgIpc) is 2.66. The van der Waals surface area contributed by atoms with Crippen LogP contribution in [0.2, 0.25) is 0 Å². The molecular formula is C10H11N3O2. The van der Waals surface area contributed by atoms with Gasteiger partial charge in [0.2, 0.25) is 5.89 Å². The molecule has 2 aromatic rings. The molecule has 0 atom stereocenters. The lowest BCUT2D eigenvalue weighted by Gasteiger charge is -2.03. The molecule has 5 nitrogen and oxygen atoms in total. The van der Waals surface area contributed by atoms with Gasteiger partial charge < -0.3 is 10.2 Å². The highest BCUT2D eigenvalue weighted by molar-refractivity contribution is 5.58. The zero-order valence-electron chi connectivity index (χ0n) is 8.06. The zero-order valence-corrected chi connectivity index (χ0v) is 8.06. The van der Waals surface area contributed by atoms with Crippen molar-refractivity contribution in [3.05, 3.63) is 40.4 Å². The molecule has 1 heterocycles. The minimum absolute atomic E-state index is 0.309. The van der Waals surface area contributed by atoms with Crippen LogP contribution in [0.4, 0.5) is 0 Å². The fourth-order valence-corrected chi connectivity index (χ4v) is 1.45. The van der Waals surface area contributed by atoms with Crippen LogP contribution in [0.25, 0.3) is 11.5 Å². The van der Waals surface area contributed by atoms with E-state index < -0.39 is 5.76 Å². The minimum Gasteiger partial charge on any atom is -0.388 e. The monoisotopic (exact) mass is 205 g/mol. The van der Waals surface area contributed by atoms with E-state index in [9.17, 15) is 4.79 Å². The van der Waals surface area contributed by atoms with Crippen LogP contribution in [0.3, 0.4) is 0 Å². The van der Waals surface area contributed by atoms with Crippen LogP contribution in [0, 0.1) is 0 Å². The molecule has 0 unspecified atom stereocenters. The number of nitrogens with one attached hydrogen (secondary N) is 1. The Kier molecular flexibility index (Phi) is 2.64. The summed E-state index contributed by atoms with van der Waals surface area (Å²) in [5.41, 5.74) is 7.32. The van der Waals surface area contributed by atoms with Crippen molar-refractivity contribution in [2.75, 3.05) is 6.54 Å². The number of aromatic nitrogens is 2. The summed E-state index contributed by atoms with van der Waals surface area (Å²) in [7, 11) is 0. The maximum absolute atomic E-state index is 10.8. The number of aromatic amines is 1. The van der Waals surface area contributed by atoms with Gasteiger partial charge in [-0.3, -0.25) is 0 Å². The third-order valence-electron chi connectivity index (χ3n) is 2.10. The Morgan fingerprint density at radius 2 is 2.20 bits per heavy atom. The maximum atomic E-state index is 10.8. The molecule has 0 fully saturated rings. The molecule has 0 amide bonds. The number of rotatable bonds is 3. The van der Waals surface area contributed by atoms with Gasteiger partial charge in [-0.05, 0) is 24.6 Å². The van der Waals surface area contributed by atoms with Gasteiger partial charge in [0.25, 0.3) is 0 Å². The van der Waals surface area contributed by atoms with Gasteiger partial charge in [-0.2, -0.15) is 0 Å². The highest BCUT2D eigenvalue weighted by Gasteiger charge is 2.09. The molecule has 0 radical (unpaired) electrons. The van der Waals surface area contributed by atoms with Crippen LogP contribution in [0.5, 0.6) is 0 Å². The normalized spacial score (nSPS) is 10.5.